The minimum atomic E-state index is -1.92. The minimum absolute atomic E-state index is 0.0257. The first-order chi connectivity index (χ1) is 9.42. The van der Waals surface area contributed by atoms with Crippen LogP contribution in [0.15, 0.2) is 24.3 Å². The van der Waals surface area contributed by atoms with Gasteiger partial charge in [-0.3, -0.25) is 14.9 Å². The summed E-state index contributed by atoms with van der Waals surface area (Å²) in [4.78, 5) is 21.5. The van der Waals surface area contributed by atoms with Crippen molar-refractivity contribution in [1.82, 2.24) is 0 Å². The van der Waals surface area contributed by atoms with Gasteiger partial charge in [0.25, 0.3) is 5.69 Å². The third-order valence-electron chi connectivity index (χ3n) is 2.90. The number of nitrogens with zero attached hydrogens (tertiary/aromatic N) is 1. The second-order valence-electron chi connectivity index (χ2n) is 4.29. The van der Waals surface area contributed by atoms with Crippen LogP contribution in [0.1, 0.15) is 5.56 Å². The lowest BCUT2D eigenvalue weighted by molar-refractivity contribution is -0.384. The van der Waals surface area contributed by atoms with Gasteiger partial charge in [0, 0.05) is 17.7 Å². The van der Waals surface area contributed by atoms with E-state index in [0.29, 0.717) is 0 Å². The van der Waals surface area contributed by atoms with Crippen LogP contribution in [0.2, 0.25) is 0 Å². The highest BCUT2D eigenvalue weighted by Gasteiger charge is 2.38. The summed E-state index contributed by atoms with van der Waals surface area (Å²) in [5.41, 5.74) is 2.80. The molecule has 1 aromatic rings. The molecule has 6 nitrogen and oxygen atoms in total. The van der Waals surface area contributed by atoms with Crippen molar-refractivity contribution in [3.63, 3.8) is 0 Å². The Morgan fingerprint density at radius 2 is 2.05 bits per heavy atom. The fraction of sp³-hybridized carbons (Fsp3) is 0.250. The van der Waals surface area contributed by atoms with Gasteiger partial charge in [-0.15, -0.1) is 0 Å². The molecule has 0 atom stereocenters. The molecule has 0 radical (unpaired) electrons. The number of nitrogens with two attached hydrogens (primary N) is 1. The van der Waals surface area contributed by atoms with Crippen LogP contribution in [0.3, 0.4) is 0 Å². The van der Waals surface area contributed by atoms with Gasteiger partial charge in [-0.1, -0.05) is 0 Å². The third-order valence-corrected chi connectivity index (χ3v) is 2.90. The Kier molecular flexibility index (Phi) is 3.39. The number of hydrogen-bond donors (Lipinski definition) is 1. The number of amides is 1. The lowest BCUT2D eigenvalue weighted by Gasteiger charge is -2.31. The van der Waals surface area contributed by atoms with Gasteiger partial charge in [0.15, 0.2) is 5.60 Å². The molecule has 0 bridgehead atoms. The van der Waals surface area contributed by atoms with Crippen LogP contribution in [0.5, 0.6) is 5.75 Å². The standard InChI is InChI=1S/C12H10F2N2O4/c13-5-12(6-14)4-9(11(15)17)8-3-7(16(18)19)1-2-10(8)20-12/h1-4H,5-6H2,(H2,15,17). The normalized spacial score (nSPS) is 15.8. The van der Waals surface area contributed by atoms with Crippen LogP contribution in [0, 0.1) is 10.1 Å². The van der Waals surface area contributed by atoms with Crippen molar-refractivity contribution >= 4 is 17.2 Å². The van der Waals surface area contributed by atoms with Crippen molar-refractivity contribution < 1.29 is 23.2 Å². The SMILES string of the molecule is NC(=O)C1=CC(CF)(CF)Oc2ccc([N+](=O)[O-])cc21. The molecule has 0 unspecified atom stereocenters. The van der Waals surface area contributed by atoms with Gasteiger partial charge in [0.1, 0.15) is 19.1 Å². The molecule has 8 heteroatoms. The number of ether oxygens (including phenoxy) is 1. The Balaban J connectivity index is 2.62. The zero-order valence-electron chi connectivity index (χ0n) is 10.1. The van der Waals surface area contributed by atoms with Crippen molar-refractivity contribution in [2.75, 3.05) is 13.3 Å². The Hall–Kier alpha value is -2.51. The van der Waals surface area contributed by atoms with Gasteiger partial charge < -0.3 is 10.5 Å². The zero-order valence-corrected chi connectivity index (χ0v) is 10.1. The molecule has 1 heterocycles. The van der Waals surface area contributed by atoms with E-state index in [1.165, 1.54) is 6.07 Å². The van der Waals surface area contributed by atoms with Gasteiger partial charge in [-0.25, -0.2) is 8.78 Å². The summed E-state index contributed by atoms with van der Waals surface area (Å²) in [7, 11) is 0. The summed E-state index contributed by atoms with van der Waals surface area (Å²) in [6.07, 6.45) is 0.932. The molecule has 2 N–H and O–H groups in total. The molecule has 1 aliphatic heterocycles. The maximum absolute atomic E-state index is 13.0. The number of halogens is 2. The average Bonchev–Trinajstić information content (AvgIpc) is 2.45. The Morgan fingerprint density at radius 3 is 2.55 bits per heavy atom. The Morgan fingerprint density at radius 1 is 1.40 bits per heavy atom. The predicted molar refractivity (Wildman–Crippen MR) is 65.6 cm³/mol. The van der Waals surface area contributed by atoms with E-state index in [1.807, 2.05) is 0 Å². The topological polar surface area (TPSA) is 95.5 Å². The number of nitro benzene ring substituents is 1. The maximum atomic E-state index is 13.0. The number of carbonyl (C=O) groups is 1. The Bertz CT molecular complexity index is 611. The smallest absolute Gasteiger partial charge is 0.270 e. The number of fused-ring (bicyclic) bond motifs is 1. The van der Waals surface area contributed by atoms with Gasteiger partial charge in [-0.05, 0) is 12.1 Å². The monoisotopic (exact) mass is 284 g/mol. The third kappa shape index (κ3) is 2.20. The average molecular weight is 284 g/mol. The summed E-state index contributed by atoms with van der Waals surface area (Å²) in [5.74, 6) is -0.969. The molecule has 1 aliphatic rings. The van der Waals surface area contributed by atoms with Gasteiger partial charge >= 0.3 is 0 Å². The predicted octanol–water partition coefficient (Wildman–Crippen LogP) is 1.53. The van der Waals surface area contributed by atoms with E-state index >= 15 is 0 Å². The summed E-state index contributed by atoms with van der Waals surface area (Å²) in [6, 6.07) is 3.37. The van der Waals surface area contributed by atoms with Crippen LogP contribution in [-0.4, -0.2) is 29.8 Å². The van der Waals surface area contributed by atoms with E-state index in [9.17, 15) is 23.7 Å². The molecule has 20 heavy (non-hydrogen) atoms. The molecule has 0 fully saturated rings. The van der Waals surface area contributed by atoms with E-state index in [1.54, 1.807) is 0 Å². The van der Waals surface area contributed by atoms with E-state index in [4.69, 9.17) is 10.5 Å². The van der Waals surface area contributed by atoms with Crippen LogP contribution in [0.25, 0.3) is 5.57 Å². The van der Waals surface area contributed by atoms with E-state index in [2.05, 4.69) is 0 Å². The largest absolute Gasteiger partial charge is 0.477 e. The van der Waals surface area contributed by atoms with Crippen LogP contribution < -0.4 is 10.5 Å². The second-order valence-corrected chi connectivity index (χ2v) is 4.29. The Labute approximate surface area is 112 Å². The summed E-state index contributed by atoms with van der Waals surface area (Å²) in [5, 5.41) is 10.7. The molecule has 0 saturated carbocycles. The first kappa shape index (κ1) is 13.9. The maximum Gasteiger partial charge on any atom is 0.270 e. The number of rotatable bonds is 4. The van der Waals surface area contributed by atoms with Crippen LogP contribution in [-0.2, 0) is 4.79 Å². The van der Waals surface area contributed by atoms with Gasteiger partial charge in [-0.2, -0.15) is 0 Å². The summed E-state index contributed by atoms with van der Waals surface area (Å²) >= 11 is 0. The first-order valence-corrected chi connectivity index (χ1v) is 5.55. The van der Waals surface area contributed by atoms with Crippen molar-refractivity contribution in [2.24, 2.45) is 5.73 Å². The van der Waals surface area contributed by atoms with Gasteiger partial charge in [0.2, 0.25) is 5.91 Å². The molecular formula is C12H10F2N2O4. The van der Waals surface area contributed by atoms with E-state index in [0.717, 1.165) is 18.2 Å². The van der Waals surface area contributed by atoms with Crippen LogP contribution >= 0.6 is 0 Å². The zero-order chi connectivity index (χ0) is 14.9. The lowest BCUT2D eigenvalue weighted by Crippen LogP contribution is -2.42. The summed E-state index contributed by atoms with van der Waals surface area (Å²) in [6.45, 7) is -2.40. The highest BCUT2D eigenvalue weighted by Crippen LogP contribution is 2.38. The number of hydrogen-bond acceptors (Lipinski definition) is 4. The molecule has 1 aromatic carbocycles. The number of carbonyl (C=O) groups excluding carboxylic acids is 1. The molecule has 0 aromatic heterocycles. The molecule has 2 rings (SSSR count). The molecule has 0 saturated heterocycles. The lowest BCUT2D eigenvalue weighted by atomic mass is 9.93. The number of nitro groups is 1. The quantitative estimate of drug-likeness (QED) is 0.670. The van der Waals surface area contributed by atoms with Crippen molar-refractivity contribution in [2.45, 2.75) is 5.60 Å². The molecule has 0 aliphatic carbocycles. The molecule has 1 amide bonds. The second kappa shape index (κ2) is 4.87. The number of alkyl halides is 2. The summed E-state index contributed by atoms with van der Waals surface area (Å²) < 4.78 is 31.2. The molecule has 106 valence electrons. The fourth-order valence-corrected chi connectivity index (χ4v) is 1.89. The van der Waals surface area contributed by atoms with E-state index in [-0.39, 0.29) is 22.6 Å². The van der Waals surface area contributed by atoms with E-state index < -0.39 is 29.8 Å². The fourth-order valence-electron chi connectivity index (χ4n) is 1.89. The van der Waals surface area contributed by atoms with Crippen LogP contribution in [0.4, 0.5) is 14.5 Å². The number of non-ortho nitro benzene ring substituents is 1. The minimum Gasteiger partial charge on any atom is -0.477 e. The number of benzene rings is 1. The van der Waals surface area contributed by atoms with Gasteiger partial charge in [0.05, 0.1) is 10.5 Å². The number of primary amides is 1. The molecular weight excluding hydrogens is 274 g/mol. The molecule has 0 spiro atoms. The van der Waals surface area contributed by atoms with Crippen molar-refractivity contribution in [1.29, 1.82) is 0 Å². The van der Waals surface area contributed by atoms with Crippen molar-refractivity contribution in [3.05, 3.63) is 40.0 Å². The van der Waals surface area contributed by atoms with Crippen molar-refractivity contribution in [3.8, 4) is 5.75 Å². The highest BCUT2D eigenvalue weighted by molar-refractivity contribution is 6.20. The highest BCUT2D eigenvalue weighted by atomic mass is 19.1. The first-order valence-electron chi connectivity index (χ1n) is 5.55.